The Bertz CT molecular complexity index is 392. The number of rotatable bonds is 0. The SMILES string of the molecule is Cc1cnc(=O)[nH]c1N.OP(O)(O)=S. The Balaban J connectivity index is 0.000000292. The average Bonchev–Trinajstić information content (AvgIpc) is 1.94. The van der Waals surface area contributed by atoms with Gasteiger partial charge < -0.3 is 20.4 Å². The largest absolute Gasteiger partial charge is 0.385 e. The van der Waals surface area contributed by atoms with E-state index in [2.05, 4.69) is 21.8 Å². The summed E-state index contributed by atoms with van der Waals surface area (Å²) in [7, 11) is 0. The minimum Gasteiger partial charge on any atom is -0.385 e. The fraction of sp³-hybridized carbons (Fsp3) is 0.200. The molecule has 0 atom stereocenters. The van der Waals surface area contributed by atoms with Crippen molar-refractivity contribution in [3.05, 3.63) is 22.2 Å². The molecule has 0 aliphatic rings. The quantitative estimate of drug-likeness (QED) is 0.361. The first-order valence-electron chi connectivity index (χ1n) is 3.30. The summed E-state index contributed by atoms with van der Waals surface area (Å²) in [5.41, 5.74) is 5.71. The van der Waals surface area contributed by atoms with Crippen LogP contribution in [0.2, 0.25) is 0 Å². The highest BCUT2D eigenvalue weighted by Crippen LogP contribution is 2.26. The molecule has 9 heteroatoms. The van der Waals surface area contributed by atoms with Gasteiger partial charge in [-0.1, -0.05) is 0 Å². The van der Waals surface area contributed by atoms with E-state index in [-0.39, 0.29) is 0 Å². The molecule has 1 rings (SSSR count). The van der Waals surface area contributed by atoms with Gasteiger partial charge in [0.15, 0.2) is 0 Å². The Hall–Kier alpha value is -0.790. The summed E-state index contributed by atoms with van der Waals surface area (Å²) in [6, 6.07) is 0. The number of H-pyrrole nitrogens is 1. The number of anilines is 1. The summed E-state index contributed by atoms with van der Waals surface area (Å²) in [5, 5.41) is 0. The average molecular weight is 239 g/mol. The van der Waals surface area contributed by atoms with Crippen molar-refractivity contribution in [2.75, 3.05) is 5.73 Å². The Morgan fingerprint density at radius 3 is 2.29 bits per heavy atom. The van der Waals surface area contributed by atoms with Crippen LogP contribution in [0.3, 0.4) is 0 Å². The Morgan fingerprint density at radius 2 is 2.00 bits per heavy atom. The lowest BCUT2D eigenvalue weighted by Crippen LogP contribution is -2.12. The topological polar surface area (TPSA) is 132 Å². The van der Waals surface area contributed by atoms with Crippen LogP contribution >= 0.6 is 6.72 Å². The minimum absolute atomic E-state index is 0.384. The molecule has 0 amide bonds. The molecular formula is C5H10N3O4PS. The Kier molecular flexibility index (Phi) is 4.89. The van der Waals surface area contributed by atoms with Gasteiger partial charge in [-0.2, -0.15) is 0 Å². The molecule has 0 aliphatic carbocycles. The molecule has 0 aromatic carbocycles. The summed E-state index contributed by atoms with van der Waals surface area (Å²) in [5.74, 6) is 0.384. The molecule has 0 aliphatic heterocycles. The van der Waals surface area contributed by atoms with E-state index in [9.17, 15) is 4.79 Å². The highest BCUT2D eigenvalue weighted by Gasteiger charge is 1.92. The van der Waals surface area contributed by atoms with Crippen molar-refractivity contribution in [2.45, 2.75) is 6.92 Å². The fourth-order valence-electron chi connectivity index (χ4n) is 0.471. The second kappa shape index (κ2) is 5.18. The third kappa shape index (κ3) is 7.84. The smallest absolute Gasteiger partial charge is 0.346 e. The zero-order valence-corrected chi connectivity index (χ0v) is 8.92. The van der Waals surface area contributed by atoms with Gasteiger partial charge >= 0.3 is 12.4 Å². The van der Waals surface area contributed by atoms with Gasteiger partial charge in [-0.3, -0.25) is 4.98 Å². The number of aryl methyl sites for hydroxylation is 1. The number of nitrogen functional groups attached to an aromatic ring is 1. The van der Waals surface area contributed by atoms with E-state index >= 15 is 0 Å². The number of hydrogen-bond donors (Lipinski definition) is 5. The lowest BCUT2D eigenvalue weighted by Gasteiger charge is -1.93. The fourth-order valence-corrected chi connectivity index (χ4v) is 0.471. The summed E-state index contributed by atoms with van der Waals surface area (Å²) in [6.07, 6.45) is 1.44. The highest BCUT2D eigenvalue weighted by molar-refractivity contribution is 8.06. The van der Waals surface area contributed by atoms with Gasteiger partial charge in [-0.15, -0.1) is 0 Å². The van der Waals surface area contributed by atoms with Gasteiger partial charge in [0.25, 0.3) is 0 Å². The zero-order chi connectivity index (χ0) is 11.4. The molecule has 0 radical (unpaired) electrons. The van der Waals surface area contributed by atoms with E-state index in [4.69, 9.17) is 20.4 Å². The van der Waals surface area contributed by atoms with E-state index in [1.807, 2.05) is 0 Å². The normalized spacial score (nSPS) is 10.3. The summed E-state index contributed by atoms with van der Waals surface area (Å²) < 4.78 is 0. The molecule has 7 nitrogen and oxygen atoms in total. The molecule has 0 saturated carbocycles. The second-order valence-corrected chi connectivity index (χ2v) is 4.79. The second-order valence-electron chi connectivity index (χ2n) is 2.30. The maximum atomic E-state index is 10.4. The molecule has 14 heavy (non-hydrogen) atoms. The number of nitrogens with zero attached hydrogens (tertiary/aromatic N) is 1. The van der Waals surface area contributed by atoms with Gasteiger partial charge in [-0.05, 0) is 18.7 Å². The molecule has 0 spiro atoms. The first-order valence-corrected chi connectivity index (χ1v) is 5.96. The first kappa shape index (κ1) is 13.2. The molecular weight excluding hydrogens is 229 g/mol. The number of aromatic nitrogens is 2. The number of hydrogen-bond acceptors (Lipinski definition) is 4. The van der Waals surface area contributed by atoms with E-state index in [1.165, 1.54) is 6.20 Å². The van der Waals surface area contributed by atoms with Gasteiger partial charge in [0, 0.05) is 11.8 Å². The predicted molar refractivity (Wildman–Crippen MR) is 54.9 cm³/mol. The van der Waals surface area contributed by atoms with Crippen LogP contribution in [0.25, 0.3) is 0 Å². The van der Waals surface area contributed by atoms with Crippen LogP contribution in [0.5, 0.6) is 0 Å². The lowest BCUT2D eigenvalue weighted by atomic mass is 10.4. The van der Waals surface area contributed by atoms with Crippen LogP contribution in [0, 0.1) is 6.92 Å². The van der Waals surface area contributed by atoms with Crippen LogP contribution in [0.1, 0.15) is 5.56 Å². The monoisotopic (exact) mass is 239 g/mol. The Labute approximate surface area is 84.5 Å². The molecule has 1 heterocycles. The molecule has 0 bridgehead atoms. The van der Waals surface area contributed by atoms with Crippen molar-refractivity contribution < 1.29 is 14.7 Å². The van der Waals surface area contributed by atoms with Crippen molar-refractivity contribution in [2.24, 2.45) is 0 Å². The van der Waals surface area contributed by atoms with Gasteiger partial charge in [0.1, 0.15) is 5.82 Å². The van der Waals surface area contributed by atoms with Gasteiger partial charge in [0.2, 0.25) is 0 Å². The molecule has 0 unspecified atom stereocenters. The van der Waals surface area contributed by atoms with Crippen molar-refractivity contribution in [1.82, 2.24) is 9.97 Å². The Morgan fingerprint density at radius 1 is 1.57 bits per heavy atom. The number of aromatic amines is 1. The van der Waals surface area contributed by atoms with E-state index in [0.717, 1.165) is 5.56 Å². The molecule has 0 saturated heterocycles. The third-order valence-electron chi connectivity index (χ3n) is 1.04. The van der Waals surface area contributed by atoms with Crippen molar-refractivity contribution in [1.29, 1.82) is 0 Å². The van der Waals surface area contributed by atoms with Crippen LogP contribution in [-0.2, 0) is 11.8 Å². The van der Waals surface area contributed by atoms with Crippen LogP contribution < -0.4 is 11.4 Å². The van der Waals surface area contributed by atoms with Crippen molar-refractivity contribution >= 4 is 24.3 Å². The molecule has 1 aromatic heterocycles. The minimum atomic E-state index is -3.81. The van der Waals surface area contributed by atoms with E-state index in [0.29, 0.717) is 5.82 Å². The maximum Gasteiger partial charge on any atom is 0.346 e. The lowest BCUT2D eigenvalue weighted by molar-refractivity contribution is 0.363. The zero-order valence-electron chi connectivity index (χ0n) is 7.21. The maximum absolute atomic E-state index is 10.4. The predicted octanol–water partition coefficient (Wildman–Crippen LogP) is -1.15. The highest BCUT2D eigenvalue weighted by atomic mass is 32.5. The van der Waals surface area contributed by atoms with Crippen molar-refractivity contribution in [3.8, 4) is 0 Å². The first-order chi connectivity index (χ1) is 6.20. The molecule has 0 fully saturated rings. The molecule has 6 N–H and O–H groups in total. The van der Waals surface area contributed by atoms with Gasteiger partial charge in [0.05, 0.1) is 0 Å². The van der Waals surface area contributed by atoms with Crippen LogP contribution in [0.4, 0.5) is 5.82 Å². The standard InChI is InChI=1S/C5H7N3O.H3O3PS/c1-3-2-7-5(9)8-4(3)6;1-4(2,3)5/h2H,1H3,(H3,6,7,8,9);(H3,1,2,3,5). The third-order valence-corrected chi connectivity index (χ3v) is 1.04. The number of nitrogens with one attached hydrogen (secondary N) is 1. The summed E-state index contributed by atoms with van der Waals surface area (Å²) >= 11 is 3.60. The molecule has 1 aromatic rings. The summed E-state index contributed by atoms with van der Waals surface area (Å²) in [6.45, 7) is -2.03. The van der Waals surface area contributed by atoms with Crippen molar-refractivity contribution in [3.63, 3.8) is 0 Å². The molecule has 80 valence electrons. The van der Waals surface area contributed by atoms with E-state index < -0.39 is 12.4 Å². The van der Waals surface area contributed by atoms with E-state index in [1.54, 1.807) is 6.92 Å². The number of nitrogens with two attached hydrogens (primary N) is 1. The van der Waals surface area contributed by atoms with Crippen LogP contribution in [-0.4, -0.2) is 24.6 Å². The van der Waals surface area contributed by atoms with Crippen LogP contribution in [0.15, 0.2) is 11.0 Å². The summed E-state index contributed by atoms with van der Waals surface area (Å²) in [4.78, 5) is 38.9. The van der Waals surface area contributed by atoms with Gasteiger partial charge in [-0.25, -0.2) is 9.78 Å².